The van der Waals surface area contributed by atoms with Crippen LogP contribution in [0.4, 0.5) is 0 Å². The lowest BCUT2D eigenvalue weighted by Gasteiger charge is -2.24. The second-order valence-corrected chi connectivity index (χ2v) is 6.42. The second kappa shape index (κ2) is 8.89. The average Bonchev–Trinajstić information content (AvgIpc) is 3.01. The average molecular weight is 317 g/mol. The Labute approximate surface area is 140 Å². The number of hydrogen-bond donors (Lipinski definition) is 2. The molecule has 0 saturated carbocycles. The van der Waals surface area contributed by atoms with Crippen LogP contribution in [0, 0.1) is 0 Å². The molecule has 2 unspecified atom stereocenters. The van der Waals surface area contributed by atoms with Gasteiger partial charge in [0.25, 0.3) is 0 Å². The van der Waals surface area contributed by atoms with Crippen molar-refractivity contribution in [3.05, 3.63) is 35.9 Å². The molecule has 0 aliphatic carbocycles. The fourth-order valence-electron chi connectivity index (χ4n) is 3.25. The minimum absolute atomic E-state index is 0.246. The third-order valence-electron chi connectivity index (χ3n) is 4.67. The second-order valence-electron chi connectivity index (χ2n) is 6.42. The number of nitrogens with two attached hydrogens (primary N) is 1. The summed E-state index contributed by atoms with van der Waals surface area (Å²) in [6.45, 7) is 6.09. The first kappa shape index (κ1) is 17.8. The van der Waals surface area contributed by atoms with Crippen LogP contribution in [0.5, 0.6) is 0 Å². The highest BCUT2D eigenvalue weighted by atomic mass is 15.2. The van der Waals surface area contributed by atoms with Crippen LogP contribution in [0.15, 0.2) is 35.3 Å². The molecule has 128 valence electrons. The zero-order chi connectivity index (χ0) is 16.7. The Balaban J connectivity index is 1.87. The molecule has 0 radical (unpaired) electrons. The lowest BCUT2D eigenvalue weighted by molar-refractivity contribution is 0.267. The summed E-state index contributed by atoms with van der Waals surface area (Å²) in [5, 5.41) is 3.30. The summed E-state index contributed by atoms with van der Waals surface area (Å²) in [4.78, 5) is 9.25. The largest absolute Gasteiger partial charge is 0.370 e. The molecule has 23 heavy (non-hydrogen) atoms. The van der Waals surface area contributed by atoms with E-state index in [9.17, 15) is 0 Å². The van der Waals surface area contributed by atoms with E-state index in [-0.39, 0.29) is 6.04 Å². The van der Waals surface area contributed by atoms with Gasteiger partial charge >= 0.3 is 0 Å². The van der Waals surface area contributed by atoms with Gasteiger partial charge in [-0.3, -0.25) is 9.89 Å². The van der Waals surface area contributed by atoms with Gasteiger partial charge < -0.3 is 16.0 Å². The van der Waals surface area contributed by atoms with E-state index < -0.39 is 0 Å². The molecule has 2 atom stereocenters. The van der Waals surface area contributed by atoms with E-state index in [0.717, 1.165) is 13.1 Å². The molecule has 5 heteroatoms. The summed E-state index contributed by atoms with van der Waals surface area (Å²) in [6, 6.07) is 11.3. The van der Waals surface area contributed by atoms with Crippen molar-refractivity contribution < 1.29 is 0 Å². The molecule has 5 nitrogen and oxygen atoms in total. The van der Waals surface area contributed by atoms with Crippen LogP contribution < -0.4 is 11.1 Å². The maximum Gasteiger partial charge on any atom is 0.188 e. The Kier molecular flexibility index (Phi) is 6.86. The normalized spacial score (nSPS) is 20.9. The van der Waals surface area contributed by atoms with Gasteiger partial charge in [-0.05, 0) is 45.6 Å². The van der Waals surface area contributed by atoms with Gasteiger partial charge in [0.05, 0.1) is 12.6 Å². The predicted octanol–water partition coefficient (Wildman–Crippen LogP) is 1.68. The van der Waals surface area contributed by atoms with Gasteiger partial charge in [0.15, 0.2) is 5.96 Å². The number of likely N-dealkylation sites (tertiary alicyclic amines) is 1. The molecule has 1 aliphatic heterocycles. The predicted molar refractivity (Wildman–Crippen MR) is 97.6 cm³/mol. The number of guanidine groups is 1. The molecule has 0 spiro atoms. The van der Waals surface area contributed by atoms with Gasteiger partial charge in [0, 0.05) is 12.6 Å². The number of aliphatic imine (C=N–C) groups is 1. The molecular weight excluding hydrogens is 286 g/mol. The molecular formula is C18H31N5. The van der Waals surface area contributed by atoms with Crippen LogP contribution in [-0.2, 0) is 0 Å². The van der Waals surface area contributed by atoms with Crippen molar-refractivity contribution in [1.82, 2.24) is 15.1 Å². The lowest BCUT2D eigenvalue weighted by Crippen LogP contribution is -2.43. The summed E-state index contributed by atoms with van der Waals surface area (Å²) in [5.74, 6) is 0.552. The molecule has 0 bridgehead atoms. The van der Waals surface area contributed by atoms with Crippen molar-refractivity contribution in [2.45, 2.75) is 31.8 Å². The molecule has 1 aromatic carbocycles. The highest BCUT2D eigenvalue weighted by molar-refractivity contribution is 5.77. The third-order valence-corrected chi connectivity index (χ3v) is 4.67. The number of nitrogens with one attached hydrogen (secondary N) is 1. The number of rotatable bonds is 7. The van der Waals surface area contributed by atoms with Gasteiger partial charge in [-0.1, -0.05) is 37.3 Å². The number of hydrogen-bond acceptors (Lipinski definition) is 3. The summed E-state index contributed by atoms with van der Waals surface area (Å²) in [6.07, 6.45) is 2.53. The van der Waals surface area contributed by atoms with E-state index >= 15 is 0 Å². The fourth-order valence-corrected chi connectivity index (χ4v) is 3.25. The Bertz CT molecular complexity index is 485. The van der Waals surface area contributed by atoms with E-state index in [1.165, 1.54) is 24.9 Å². The molecule has 1 aromatic rings. The lowest BCUT2D eigenvalue weighted by atomic mass is 10.1. The molecule has 2 rings (SSSR count). The SMILES string of the molecule is CCN1CCCC1CNC(N)=NCC(c1ccccc1)N(C)C. The first-order chi connectivity index (χ1) is 11.1. The van der Waals surface area contributed by atoms with Crippen LogP contribution in [0.3, 0.4) is 0 Å². The summed E-state index contributed by atoms with van der Waals surface area (Å²) in [7, 11) is 4.16. The zero-order valence-electron chi connectivity index (χ0n) is 14.7. The van der Waals surface area contributed by atoms with Gasteiger partial charge in [-0.15, -0.1) is 0 Å². The van der Waals surface area contributed by atoms with E-state index in [4.69, 9.17) is 5.73 Å². The molecule has 1 aliphatic rings. The van der Waals surface area contributed by atoms with Crippen LogP contribution in [-0.4, -0.2) is 62.1 Å². The van der Waals surface area contributed by atoms with Crippen LogP contribution in [0.1, 0.15) is 31.4 Å². The Morgan fingerprint density at radius 1 is 1.39 bits per heavy atom. The van der Waals surface area contributed by atoms with Crippen LogP contribution >= 0.6 is 0 Å². The Morgan fingerprint density at radius 2 is 2.13 bits per heavy atom. The van der Waals surface area contributed by atoms with Gasteiger partial charge in [0.2, 0.25) is 0 Å². The maximum atomic E-state index is 6.07. The van der Waals surface area contributed by atoms with Gasteiger partial charge in [-0.25, -0.2) is 0 Å². The minimum Gasteiger partial charge on any atom is -0.370 e. The van der Waals surface area contributed by atoms with Gasteiger partial charge in [-0.2, -0.15) is 0 Å². The number of benzene rings is 1. The molecule has 1 saturated heterocycles. The van der Waals surface area contributed by atoms with Crippen LogP contribution in [0.25, 0.3) is 0 Å². The first-order valence-corrected chi connectivity index (χ1v) is 8.61. The summed E-state index contributed by atoms with van der Waals surface area (Å²) < 4.78 is 0. The summed E-state index contributed by atoms with van der Waals surface area (Å²) in [5.41, 5.74) is 7.33. The summed E-state index contributed by atoms with van der Waals surface area (Å²) >= 11 is 0. The highest BCUT2D eigenvalue weighted by Gasteiger charge is 2.22. The van der Waals surface area contributed by atoms with Crippen LogP contribution in [0.2, 0.25) is 0 Å². The monoisotopic (exact) mass is 317 g/mol. The van der Waals surface area contributed by atoms with Crippen molar-refractivity contribution in [1.29, 1.82) is 0 Å². The minimum atomic E-state index is 0.246. The smallest absolute Gasteiger partial charge is 0.188 e. The van der Waals surface area contributed by atoms with Crippen molar-refractivity contribution in [3.8, 4) is 0 Å². The van der Waals surface area contributed by atoms with Crippen molar-refractivity contribution in [3.63, 3.8) is 0 Å². The fraction of sp³-hybridized carbons (Fsp3) is 0.611. The first-order valence-electron chi connectivity index (χ1n) is 8.61. The third kappa shape index (κ3) is 5.22. The van der Waals surface area contributed by atoms with E-state index in [2.05, 4.69) is 65.4 Å². The molecule has 0 amide bonds. The van der Waals surface area contributed by atoms with E-state index in [1.807, 2.05) is 6.07 Å². The maximum absolute atomic E-state index is 6.07. The molecule has 1 fully saturated rings. The molecule has 3 N–H and O–H groups in total. The topological polar surface area (TPSA) is 56.9 Å². The van der Waals surface area contributed by atoms with E-state index in [1.54, 1.807) is 0 Å². The van der Waals surface area contributed by atoms with Crippen molar-refractivity contribution >= 4 is 5.96 Å². The van der Waals surface area contributed by atoms with Crippen molar-refractivity contribution in [2.75, 3.05) is 40.3 Å². The molecule has 1 heterocycles. The van der Waals surface area contributed by atoms with Gasteiger partial charge in [0.1, 0.15) is 0 Å². The highest BCUT2D eigenvalue weighted by Crippen LogP contribution is 2.18. The standard InChI is InChI=1S/C18H31N5/c1-4-23-12-8-11-16(23)13-20-18(19)21-14-17(22(2)3)15-9-6-5-7-10-15/h5-7,9-10,16-17H,4,8,11-14H2,1-3H3,(H3,19,20,21). The Morgan fingerprint density at radius 3 is 2.78 bits per heavy atom. The van der Waals surface area contributed by atoms with E-state index in [0.29, 0.717) is 18.5 Å². The quantitative estimate of drug-likeness (QED) is 0.593. The zero-order valence-corrected chi connectivity index (χ0v) is 14.7. The number of nitrogens with zero attached hydrogens (tertiary/aromatic N) is 3. The van der Waals surface area contributed by atoms with Crippen molar-refractivity contribution in [2.24, 2.45) is 10.7 Å². The number of likely N-dealkylation sites (N-methyl/N-ethyl adjacent to an activating group) is 2. The molecule has 0 aromatic heterocycles. The Hall–Kier alpha value is -1.59.